The Hall–Kier alpha value is -1.64. The summed E-state index contributed by atoms with van der Waals surface area (Å²) in [5, 5.41) is 0. The van der Waals surface area contributed by atoms with Gasteiger partial charge >= 0.3 is 5.97 Å². The van der Waals surface area contributed by atoms with Crippen LogP contribution in [0.25, 0.3) is 0 Å². The van der Waals surface area contributed by atoms with Crippen molar-refractivity contribution in [2.24, 2.45) is 0 Å². The molecule has 0 N–H and O–H groups in total. The van der Waals surface area contributed by atoms with Gasteiger partial charge < -0.3 is 14.2 Å². The van der Waals surface area contributed by atoms with Crippen LogP contribution in [0.15, 0.2) is 17.0 Å². The second-order valence-electron chi connectivity index (χ2n) is 5.55. The van der Waals surface area contributed by atoms with Gasteiger partial charge in [-0.05, 0) is 44.0 Å². The molecule has 1 heterocycles. The summed E-state index contributed by atoms with van der Waals surface area (Å²) >= 11 is 0. The smallest absolute Gasteiger partial charge is 0.326 e. The summed E-state index contributed by atoms with van der Waals surface area (Å²) in [4.78, 5) is 12.3. The fraction of sp³-hybridized carbons (Fsp3) is 0.562. The largest absolute Gasteiger partial charge is 0.497 e. The van der Waals surface area contributed by atoms with Crippen molar-refractivity contribution in [3.63, 3.8) is 0 Å². The van der Waals surface area contributed by atoms with Crippen molar-refractivity contribution in [1.82, 2.24) is 4.31 Å². The van der Waals surface area contributed by atoms with Crippen molar-refractivity contribution in [3.8, 4) is 5.75 Å². The van der Waals surface area contributed by atoms with Gasteiger partial charge in [0.2, 0.25) is 10.0 Å². The molecule has 1 aromatic rings. The van der Waals surface area contributed by atoms with Gasteiger partial charge in [0.25, 0.3) is 0 Å². The lowest BCUT2D eigenvalue weighted by atomic mass is 10.1. The van der Waals surface area contributed by atoms with E-state index in [0.717, 1.165) is 0 Å². The average molecular weight is 357 g/mol. The third-order valence-electron chi connectivity index (χ3n) is 3.87. The average Bonchev–Trinajstić information content (AvgIpc) is 2.54. The molecule has 0 bridgehead atoms. The SMILES string of the molecule is CCOC(=O)C1COCCN1S(=O)(=O)c1c(C)cc(OC)cc1C. The van der Waals surface area contributed by atoms with Crippen LogP contribution in [0.4, 0.5) is 0 Å². The molecular formula is C16H23NO6S. The zero-order valence-corrected chi connectivity index (χ0v) is 15.2. The zero-order chi connectivity index (χ0) is 17.9. The summed E-state index contributed by atoms with van der Waals surface area (Å²) < 4.78 is 43.0. The Labute approximate surface area is 142 Å². The first kappa shape index (κ1) is 18.7. The van der Waals surface area contributed by atoms with E-state index in [2.05, 4.69) is 0 Å². The second-order valence-corrected chi connectivity index (χ2v) is 7.38. The van der Waals surface area contributed by atoms with Crippen molar-refractivity contribution in [1.29, 1.82) is 0 Å². The standard InChI is InChI=1S/C16H23NO6S/c1-5-23-16(18)14-10-22-7-6-17(14)24(19,20)15-11(2)8-13(21-4)9-12(15)3/h8-9,14H,5-7,10H2,1-4H3. The summed E-state index contributed by atoms with van der Waals surface area (Å²) in [6, 6.07) is 2.36. The molecule has 8 heteroatoms. The molecule has 0 saturated carbocycles. The molecule has 1 saturated heterocycles. The monoisotopic (exact) mass is 357 g/mol. The molecular weight excluding hydrogens is 334 g/mol. The molecule has 0 amide bonds. The maximum absolute atomic E-state index is 13.2. The van der Waals surface area contributed by atoms with Crippen LogP contribution in [0.1, 0.15) is 18.1 Å². The number of nitrogens with zero attached hydrogens (tertiary/aromatic N) is 1. The van der Waals surface area contributed by atoms with Crippen LogP contribution < -0.4 is 4.74 Å². The van der Waals surface area contributed by atoms with Crippen molar-refractivity contribution in [2.75, 3.05) is 33.5 Å². The molecule has 1 atom stereocenters. The summed E-state index contributed by atoms with van der Waals surface area (Å²) in [6.45, 7) is 5.62. The molecule has 2 rings (SSSR count). The van der Waals surface area contributed by atoms with E-state index in [1.807, 2.05) is 0 Å². The van der Waals surface area contributed by atoms with E-state index in [0.29, 0.717) is 16.9 Å². The molecule has 1 aliphatic rings. The van der Waals surface area contributed by atoms with E-state index in [1.54, 1.807) is 32.9 Å². The highest BCUT2D eigenvalue weighted by Crippen LogP contribution is 2.30. The van der Waals surface area contributed by atoms with Gasteiger partial charge in [-0.1, -0.05) is 0 Å². The minimum Gasteiger partial charge on any atom is -0.497 e. The topological polar surface area (TPSA) is 82.1 Å². The molecule has 0 radical (unpaired) electrons. The number of ether oxygens (including phenoxy) is 3. The van der Waals surface area contributed by atoms with Crippen molar-refractivity contribution < 1.29 is 27.4 Å². The Morgan fingerprint density at radius 1 is 1.33 bits per heavy atom. The zero-order valence-electron chi connectivity index (χ0n) is 14.4. The first-order chi connectivity index (χ1) is 11.3. The van der Waals surface area contributed by atoms with E-state index in [1.165, 1.54) is 11.4 Å². The molecule has 0 spiro atoms. The molecule has 1 fully saturated rings. The summed E-state index contributed by atoms with van der Waals surface area (Å²) in [7, 11) is -2.34. The summed E-state index contributed by atoms with van der Waals surface area (Å²) in [5.41, 5.74) is 1.14. The fourth-order valence-corrected chi connectivity index (χ4v) is 4.82. The first-order valence-electron chi connectivity index (χ1n) is 7.74. The Morgan fingerprint density at radius 2 is 1.96 bits per heavy atom. The van der Waals surface area contributed by atoms with Gasteiger partial charge in [-0.3, -0.25) is 4.79 Å². The second kappa shape index (κ2) is 7.50. The van der Waals surface area contributed by atoms with Crippen molar-refractivity contribution in [3.05, 3.63) is 23.3 Å². The minimum absolute atomic E-state index is 0.00763. The predicted octanol–water partition coefficient (Wildman–Crippen LogP) is 1.26. The molecule has 0 aromatic heterocycles. The molecule has 134 valence electrons. The molecule has 24 heavy (non-hydrogen) atoms. The number of morpholine rings is 1. The number of hydrogen-bond donors (Lipinski definition) is 0. The van der Waals surface area contributed by atoms with Gasteiger partial charge in [0.15, 0.2) is 0 Å². The highest BCUT2D eigenvalue weighted by atomic mass is 32.2. The number of carbonyl (C=O) groups excluding carboxylic acids is 1. The number of methoxy groups -OCH3 is 1. The van der Waals surface area contributed by atoms with Crippen molar-refractivity contribution in [2.45, 2.75) is 31.7 Å². The number of aryl methyl sites for hydroxylation is 2. The first-order valence-corrected chi connectivity index (χ1v) is 9.18. The predicted molar refractivity (Wildman–Crippen MR) is 87.6 cm³/mol. The number of sulfonamides is 1. The summed E-state index contributed by atoms with van der Waals surface area (Å²) in [6.07, 6.45) is 0. The minimum atomic E-state index is -3.86. The van der Waals surface area contributed by atoms with Gasteiger partial charge in [0.1, 0.15) is 11.8 Å². The van der Waals surface area contributed by atoms with E-state index in [9.17, 15) is 13.2 Å². The Morgan fingerprint density at radius 3 is 2.50 bits per heavy atom. The lowest BCUT2D eigenvalue weighted by molar-refractivity contribution is -0.152. The fourth-order valence-electron chi connectivity index (χ4n) is 2.85. The highest BCUT2D eigenvalue weighted by Gasteiger charge is 2.40. The number of benzene rings is 1. The summed E-state index contributed by atoms with van der Waals surface area (Å²) in [5.74, 6) is -0.00235. The van der Waals surface area contributed by atoms with Crippen molar-refractivity contribution >= 4 is 16.0 Å². The molecule has 1 unspecified atom stereocenters. The third-order valence-corrected chi connectivity index (χ3v) is 6.09. The molecule has 1 aromatic carbocycles. The third kappa shape index (κ3) is 3.55. The molecule has 7 nitrogen and oxygen atoms in total. The number of carbonyl (C=O) groups is 1. The van der Waals surface area contributed by atoms with Crippen LogP contribution in [-0.4, -0.2) is 58.2 Å². The van der Waals surface area contributed by atoms with Crippen LogP contribution in [0.5, 0.6) is 5.75 Å². The van der Waals surface area contributed by atoms with Gasteiger partial charge in [-0.25, -0.2) is 8.42 Å². The lowest BCUT2D eigenvalue weighted by Crippen LogP contribution is -2.53. The highest BCUT2D eigenvalue weighted by molar-refractivity contribution is 7.89. The number of hydrogen-bond acceptors (Lipinski definition) is 6. The van der Waals surface area contributed by atoms with Crippen LogP contribution in [0, 0.1) is 13.8 Å². The van der Waals surface area contributed by atoms with E-state index >= 15 is 0 Å². The number of esters is 1. The van der Waals surface area contributed by atoms with Crippen LogP contribution in [0.2, 0.25) is 0 Å². The van der Waals surface area contributed by atoms with E-state index < -0.39 is 22.0 Å². The maximum atomic E-state index is 13.2. The Bertz CT molecular complexity index is 692. The van der Waals surface area contributed by atoms with Crippen LogP contribution in [-0.2, 0) is 24.3 Å². The van der Waals surface area contributed by atoms with Gasteiger partial charge in [-0.2, -0.15) is 4.31 Å². The Balaban J connectivity index is 2.46. The van der Waals surface area contributed by atoms with E-state index in [4.69, 9.17) is 14.2 Å². The van der Waals surface area contributed by atoms with E-state index in [-0.39, 0.29) is 31.3 Å². The van der Waals surface area contributed by atoms with Gasteiger partial charge in [0, 0.05) is 6.54 Å². The molecule has 1 aliphatic heterocycles. The quantitative estimate of drug-likeness (QED) is 0.738. The molecule has 0 aliphatic carbocycles. The maximum Gasteiger partial charge on any atom is 0.326 e. The van der Waals surface area contributed by atoms with Gasteiger partial charge in [-0.15, -0.1) is 0 Å². The number of rotatable bonds is 5. The lowest BCUT2D eigenvalue weighted by Gasteiger charge is -2.33. The van der Waals surface area contributed by atoms with Gasteiger partial charge in [0.05, 0.1) is 31.8 Å². The normalized spacial score (nSPS) is 19.1. The Kier molecular flexibility index (Phi) is 5.84. The van der Waals surface area contributed by atoms with Crippen LogP contribution in [0.3, 0.4) is 0 Å². The van der Waals surface area contributed by atoms with Crippen LogP contribution >= 0.6 is 0 Å².